The molecule has 1 fully saturated rings. The van der Waals surface area contributed by atoms with E-state index in [4.69, 9.17) is 5.73 Å². The Morgan fingerprint density at radius 2 is 2.06 bits per heavy atom. The predicted molar refractivity (Wildman–Crippen MR) is 72.7 cm³/mol. The molecule has 0 unspecified atom stereocenters. The number of aryl methyl sites for hydroxylation is 1. The molecule has 0 aliphatic heterocycles. The van der Waals surface area contributed by atoms with E-state index < -0.39 is 0 Å². The largest absolute Gasteiger partial charge is 0.321 e. The number of benzene rings is 1. The highest BCUT2D eigenvalue weighted by atomic mass is 79.9. The molecule has 1 aromatic heterocycles. The van der Waals surface area contributed by atoms with Crippen molar-refractivity contribution in [3.63, 3.8) is 0 Å². The molecule has 2 aromatic rings. The zero-order valence-corrected chi connectivity index (χ0v) is 11.5. The highest BCUT2D eigenvalue weighted by Gasteiger charge is 2.33. The maximum Gasteiger partial charge on any atom is 0.135 e. The Balaban J connectivity index is 2.29. The van der Waals surface area contributed by atoms with E-state index >= 15 is 0 Å². The Bertz CT molecular complexity index is 567. The minimum absolute atomic E-state index is 0.160. The van der Waals surface area contributed by atoms with Crippen molar-refractivity contribution in [2.45, 2.75) is 31.2 Å². The molecular weight excluding hydrogens is 278 g/mol. The Morgan fingerprint density at radius 1 is 1.35 bits per heavy atom. The number of hydrogen-bond acceptors (Lipinski definition) is 2. The van der Waals surface area contributed by atoms with Crippen molar-refractivity contribution in [1.29, 1.82) is 0 Å². The lowest BCUT2D eigenvalue weighted by atomic mass is 9.88. The van der Waals surface area contributed by atoms with Crippen molar-refractivity contribution in [2.24, 2.45) is 12.8 Å². The van der Waals surface area contributed by atoms with E-state index in [1.54, 1.807) is 0 Å². The van der Waals surface area contributed by atoms with E-state index in [-0.39, 0.29) is 5.54 Å². The van der Waals surface area contributed by atoms with Crippen LogP contribution in [0.1, 0.15) is 31.2 Å². The smallest absolute Gasteiger partial charge is 0.135 e. The molecule has 0 bridgehead atoms. The van der Waals surface area contributed by atoms with Gasteiger partial charge in [-0.2, -0.15) is 5.10 Å². The molecule has 0 atom stereocenters. The summed E-state index contributed by atoms with van der Waals surface area (Å²) < 4.78 is 2.83. The number of nitrogens with zero attached hydrogens (tertiary/aromatic N) is 2. The van der Waals surface area contributed by atoms with Crippen LogP contribution < -0.4 is 5.73 Å². The molecule has 90 valence electrons. The third kappa shape index (κ3) is 1.62. The number of halogens is 1. The monoisotopic (exact) mass is 293 g/mol. The highest BCUT2D eigenvalue weighted by Crippen LogP contribution is 2.40. The molecule has 1 saturated carbocycles. The fraction of sp³-hybridized carbons (Fsp3) is 0.462. The Labute approximate surface area is 109 Å². The van der Waals surface area contributed by atoms with Gasteiger partial charge >= 0.3 is 0 Å². The van der Waals surface area contributed by atoms with Crippen LogP contribution in [0.15, 0.2) is 22.8 Å². The first kappa shape index (κ1) is 11.2. The summed E-state index contributed by atoms with van der Waals surface area (Å²) in [5.74, 6) is 0. The summed E-state index contributed by atoms with van der Waals surface area (Å²) in [7, 11) is 1.98. The summed E-state index contributed by atoms with van der Waals surface area (Å²) in [5, 5.41) is 5.59. The number of nitrogens with two attached hydrogens (primary N) is 1. The Morgan fingerprint density at radius 3 is 2.76 bits per heavy atom. The average Bonchev–Trinajstić information content (AvgIpc) is 2.86. The SMILES string of the molecule is Cn1nc(Br)c2cccc(C3(N)CCCC3)c21. The van der Waals surface area contributed by atoms with Crippen LogP contribution in [0.2, 0.25) is 0 Å². The third-order valence-corrected chi connectivity index (χ3v) is 4.44. The van der Waals surface area contributed by atoms with Gasteiger partial charge in [0.05, 0.1) is 5.52 Å². The van der Waals surface area contributed by atoms with Gasteiger partial charge in [0, 0.05) is 18.0 Å². The van der Waals surface area contributed by atoms with Crippen LogP contribution >= 0.6 is 15.9 Å². The summed E-state index contributed by atoms with van der Waals surface area (Å²) in [6.45, 7) is 0. The predicted octanol–water partition coefficient (Wildman–Crippen LogP) is 3.06. The normalized spacial score (nSPS) is 19.0. The number of aromatic nitrogens is 2. The van der Waals surface area contributed by atoms with Crippen molar-refractivity contribution in [2.75, 3.05) is 0 Å². The van der Waals surface area contributed by atoms with Crippen molar-refractivity contribution in [3.05, 3.63) is 28.4 Å². The third-order valence-electron chi connectivity index (χ3n) is 3.85. The maximum absolute atomic E-state index is 6.57. The zero-order chi connectivity index (χ0) is 12.0. The van der Waals surface area contributed by atoms with Crippen molar-refractivity contribution < 1.29 is 0 Å². The number of para-hydroxylation sites is 1. The van der Waals surface area contributed by atoms with E-state index in [1.807, 2.05) is 11.7 Å². The van der Waals surface area contributed by atoms with Gasteiger partial charge in [-0.25, -0.2) is 0 Å². The summed E-state index contributed by atoms with van der Waals surface area (Å²) in [6, 6.07) is 6.33. The second-order valence-corrected chi connectivity index (χ2v) is 5.73. The fourth-order valence-electron chi connectivity index (χ4n) is 2.97. The van der Waals surface area contributed by atoms with Gasteiger partial charge < -0.3 is 5.73 Å². The molecule has 1 heterocycles. The Kier molecular flexibility index (Phi) is 2.52. The lowest BCUT2D eigenvalue weighted by molar-refractivity contribution is 0.463. The van der Waals surface area contributed by atoms with E-state index in [1.165, 1.54) is 23.9 Å². The van der Waals surface area contributed by atoms with Crippen LogP contribution in [0.25, 0.3) is 10.9 Å². The van der Waals surface area contributed by atoms with Crippen LogP contribution in [-0.4, -0.2) is 9.78 Å². The standard InChI is InChI=1S/C13H16BrN3/c1-17-11-9(12(14)16-17)5-4-6-10(11)13(15)7-2-3-8-13/h4-6H,2-3,7-8,15H2,1H3. The van der Waals surface area contributed by atoms with E-state index in [0.29, 0.717) is 0 Å². The second kappa shape index (κ2) is 3.82. The second-order valence-electron chi connectivity index (χ2n) is 4.98. The molecule has 3 rings (SSSR count). The van der Waals surface area contributed by atoms with Gasteiger partial charge in [0.25, 0.3) is 0 Å². The lowest BCUT2D eigenvalue weighted by Gasteiger charge is -2.25. The van der Waals surface area contributed by atoms with Crippen LogP contribution in [0.3, 0.4) is 0 Å². The van der Waals surface area contributed by atoms with Crippen molar-refractivity contribution in [1.82, 2.24) is 9.78 Å². The van der Waals surface area contributed by atoms with Crippen molar-refractivity contribution in [3.8, 4) is 0 Å². The van der Waals surface area contributed by atoms with Gasteiger partial charge in [-0.15, -0.1) is 0 Å². The maximum atomic E-state index is 6.57. The summed E-state index contributed by atoms with van der Waals surface area (Å²) >= 11 is 3.51. The molecule has 0 saturated heterocycles. The van der Waals surface area contributed by atoms with Crippen LogP contribution in [0.5, 0.6) is 0 Å². The van der Waals surface area contributed by atoms with Gasteiger partial charge in [0.1, 0.15) is 4.60 Å². The van der Waals surface area contributed by atoms with Crippen LogP contribution in [0, 0.1) is 0 Å². The first-order chi connectivity index (χ1) is 8.12. The fourth-order valence-corrected chi connectivity index (χ4v) is 3.53. The number of fused-ring (bicyclic) bond motifs is 1. The van der Waals surface area contributed by atoms with Crippen LogP contribution in [0.4, 0.5) is 0 Å². The molecule has 2 N–H and O–H groups in total. The molecule has 1 aromatic carbocycles. The molecule has 0 amide bonds. The topological polar surface area (TPSA) is 43.8 Å². The number of rotatable bonds is 1. The minimum atomic E-state index is -0.160. The minimum Gasteiger partial charge on any atom is -0.321 e. The molecular formula is C13H16BrN3. The van der Waals surface area contributed by atoms with Crippen LogP contribution in [-0.2, 0) is 12.6 Å². The Hall–Kier alpha value is -0.870. The van der Waals surface area contributed by atoms with Crippen molar-refractivity contribution >= 4 is 26.8 Å². The van der Waals surface area contributed by atoms with Gasteiger partial charge in [0.2, 0.25) is 0 Å². The molecule has 0 radical (unpaired) electrons. The first-order valence-corrected chi connectivity index (χ1v) is 6.82. The molecule has 3 nitrogen and oxygen atoms in total. The van der Waals surface area contributed by atoms with Gasteiger partial charge in [-0.3, -0.25) is 4.68 Å². The van der Waals surface area contributed by atoms with E-state index in [0.717, 1.165) is 22.8 Å². The summed E-state index contributed by atoms with van der Waals surface area (Å²) in [6.07, 6.45) is 4.61. The average molecular weight is 294 g/mol. The molecule has 4 heteroatoms. The summed E-state index contributed by atoms with van der Waals surface area (Å²) in [4.78, 5) is 0. The highest BCUT2D eigenvalue weighted by molar-refractivity contribution is 9.10. The van der Waals surface area contributed by atoms with Gasteiger partial charge in [0.15, 0.2) is 0 Å². The van der Waals surface area contributed by atoms with E-state index in [9.17, 15) is 0 Å². The van der Waals surface area contributed by atoms with E-state index in [2.05, 4.69) is 39.2 Å². The molecule has 0 spiro atoms. The summed E-state index contributed by atoms with van der Waals surface area (Å²) in [5.41, 5.74) is 8.82. The molecule has 1 aliphatic carbocycles. The van der Waals surface area contributed by atoms with Gasteiger partial charge in [-0.1, -0.05) is 31.0 Å². The quantitative estimate of drug-likeness (QED) is 0.878. The number of hydrogen-bond donors (Lipinski definition) is 1. The van der Waals surface area contributed by atoms with Gasteiger partial charge in [-0.05, 0) is 34.3 Å². The zero-order valence-electron chi connectivity index (χ0n) is 9.91. The molecule has 1 aliphatic rings. The first-order valence-electron chi connectivity index (χ1n) is 6.02. The lowest BCUT2D eigenvalue weighted by Crippen LogP contribution is -2.33. The molecule has 17 heavy (non-hydrogen) atoms.